The van der Waals surface area contributed by atoms with Crippen LogP contribution >= 0.6 is 11.3 Å². The summed E-state index contributed by atoms with van der Waals surface area (Å²) >= 11 is 1.29. The average Bonchev–Trinajstić information content (AvgIpc) is 3.25. The first-order valence-corrected chi connectivity index (χ1v) is 12.3. The van der Waals surface area contributed by atoms with E-state index in [-0.39, 0.29) is 17.9 Å². The van der Waals surface area contributed by atoms with Gasteiger partial charge in [0.2, 0.25) is 11.8 Å². The fourth-order valence-electron chi connectivity index (χ4n) is 4.07. The molecule has 0 unspecified atom stereocenters. The molecule has 1 aliphatic heterocycles. The summed E-state index contributed by atoms with van der Waals surface area (Å²) in [6.45, 7) is 6.37. The number of thiazole rings is 1. The van der Waals surface area contributed by atoms with Gasteiger partial charge in [0.15, 0.2) is 5.13 Å². The van der Waals surface area contributed by atoms with Crippen LogP contribution in [-0.2, 0) is 15.8 Å². The Morgan fingerprint density at radius 3 is 2.38 bits per heavy atom. The number of carbonyl (C=O) groups is 2. The number of nitrogens with zero attached hydrogens (tertiary/aromatic N) is 2. The normalized spacial score (nSPS) is 19.7. The summed E-state index contributed by atoms with van der Waals surface area (Å²) < 4.78 is 38.5. The number of hydrogen-bond acceptors (Lipinski definition) is 5. The molecule has 0 radical (unpaired) electrons. The Bertz CT molecular complexity index is 1040. The summed E-state index contributed by atoms with van der Waals surface area (Å²) in [5, 5.41) is 8.50. The third-order valence-electron chi connectivity index (χ3n) is 6.16. The van der Waals surface area contributed by atoms with Gasteiger partial charge in [-0.25, -0.2) is 4.98 Å². The van der Waals surface area contributed by atoms with Crippen LogP contribution in [0.5, 0.6) is 0 Å². The zero-order chi connectivity index (χ0) is 24.7. The van der Waals surface area contributed by atoms with E-state index in [1.807, 2.05) is 20.8 Å². The van der Waals surface area contributed by atoms with E-state index in [0.29, 0.717) is 29.4 Å². The zero-order valence-electron chi connectivity index (χ0n) is 19.4. The van der Waals surface area contributed by atoms with Gasteiger partial charge in [0.05, 0.1) is 11.3 Å². The Balaban J connectivity index is 1.49. The number of hydrogen-bond donors (Lipinski definition) is 2. The van der Waals surface area contributed by atoms with Gasteiger partial charge >= 0.3 is 6.18 Å². The highest BCUT2D eigenvalue weighted by molar-refractivity contribution is 7.14. The van der Waals surface area contributed by atoms with Crippen molar-refractivity contribution < 1.29 is 22.8 Å². The van der Waals surface area contributed by atoms with Crippen molar-refractivity contribution in [1.29, 1.82) is 0 Å². The molecule has 2 aromatic rings. The second-order valence-electron chi connectivity index (χ2n) is 10.0. The van der Waals surface area contributed by atoms with E-state index in [2.05, 4.69) is 15.6 Å². The molecule has 1 saturated heterocycles. The third-order valence-corrected chi connectivity index (χ3v) is 6.93. The van der Waals surface area contributed by atoms with E-state index < -0.39 is 29.2 Å². The summed E-state index contributed by atoms with van der Waals surface area (Å²) in [6, 6.07) is 4.00. The van der Waals surface area contributed by atoms with Crippen molar-refractivity contribution in [1.82, 2.24) is 15.2 Å². The number of amides is 2. The van der Waals surface area contributed by atoms with Crippen LogP contribution in [0.1, 0.15) is 52.0 Å². The van der Waals surface area contributed by atoms with Crippen molar-refractivity contribution in [3.63, 3.8) is 0 Å². The molecule has 1 aromatic heterocycles. The Morgan fingerprint density at radius 2 is 1.79 bits per heavy atom. The van der Waals surface area contributed by atoms with E-state index in [9.17, 15) is 22.8 Å². The van der Waals surface area contributed by atoms with Gasteiger partial charge in [-0.3, -0.25) is 9.59 Å². The first-order chi connectivity index (χ1) is 15.9. The first kappa shape index (κ1) is 24.5. The van der Waals surface area contributed by atoms with Gasteiger partial charge < -0.3 is 15.5 Å². The lowest BCUT2D eigenvalue weighted by molar-refractivity contribution is -0.140. The lowest BCUT2D eigenvalue weighted by atomic mass is 9.85. The molecule has 1 aromatic carbocycles. The molecule has 184 valence electrons. The van der Waals surface area contributed by atoms with Crippen LogP contribution in [-0.4, -0.2) is 46.4 Å². The monoisotopic (exact) mass is 494 g/mol. The molecular weight excluding hydrogens is 465 g/mol. The predicted octanol–water partition coefficient (Wildman–Crippen LogP) is 4.93. The Kier molecular flexibility index (Phi) is 6.63. The minimum absolute atomic E-state index is 0.0835. The maximum atomic E-state index is 13.6. The highest BCUT2D eigenvalue weighted by atomic mass is 32.1. The van der Waals surface area contributed by atoms with Crippen LogP contribution < -0.4 is 10.6 Å². The summed E-state index contributed by atoms with van der Waals surface area (Å²) in [7, 11) is 0. The number of likely N-dealkylation sites (tertiary alicyclic amines) is 1. The van der Waals surface area contributed by atoms with Crippen molar-refractivity contribution in [2.24, 2.45) is 5.41 Å². The van der Waals surface area contributed by atoms with Crippen molar-refractivity contribution in [2.75, 3.05) is 11.9 Å². The maximum Gasteiger partial charge on any atom is 0.416 e. The molecule has 2 N–H and O–H groups in total. The Labute approximate surface area is 200 Å². The van der Waals surface area contributed by atoms with Gasteiger partial charge in [0, 0.05) is 23.5 Å². The fourth-order valence-corrected chi connectivity index (χ4v) is 4.82. The molecule has 6 nitrogen and oxygen atoms in total. The van der Waals surface area contributed by atoms with Crippen molar-refractivity contribution in [3.8, 4) is 11.3 Å². The summed E-state index contributed by atoms with van der Waals surface area (Å²) in [6.07, 6.45) is -0.985. The van der Waals surface area contributed by atoms with Crippen LogP contribution in [0.2, 0.25) is 0 Å². The Morgan fingerprint density at radius 1 is 1.12 bits per heavy atom. The standard InChI is InChI=1S/C24H29F3N4O2S/c1-23(2,3)19(21(33)31-12-4-5-18(31)20(32)28-16-10-11-16)30-22-29-17(13-34-22)14-6-8-15(9-7-14)24(25,26)27/h6-9,13,16,18-19H,4-5,10-12H2,1-3H3,(H,28,32)(H,29,30)/t18-,19+/m0/s1. The van der Waals surface area contributed by atoms with Gasteiger partial charge in [0.1, 0.15) is 12.1 Å². The lowest BCUT2D eigenvalue weighted by Gasteiger charge is -2.35. The molecule has 2 amide bonds. The van der Waals surface area contributed by atoms with Crippen LogP contribution in [0.25, 0.3) is 11.3 Å². The molecule has 34 heavy (non-hydrogen) atoms. The van der Waals surface area contributed by atoms with E-state index in [1.54, 1.807) is 10.3 Å². The van der Waals surface area contributed by atoms with Gasteiger partial charge in [-0.05, 0) is 43.2 Å². The van der Waals surface area contributed by atoms with Crippen LogP contribution in [0, 0.1) is 5.41 Å². The minimum atomic E-state index is -4.39. The highest BCUT2D eigenvalue weighted by Gasteiger charge is 2.42. The Hall–Kier alpha value is -2.62. The van der Waals surface area contributed by atoms with E-state index >= 15 is 0 Å². The molecular formula is C24H29F3N4O2S. The third kappa shape index (κ3) is 5.54. The molecule has 2 atom stereocenters. The predicted molar refractivity (Wildman–Crippen MR) is 125 cm³/mol. The first-order valence-electron chi connectivity index (χ1n) is 11.4. The number of nitrogens with one attached hydrogen (secondary N) is 2. The zero-order valence-corrected chi connectivity index (χ0v) is 20.2. The minimum Gasteiger partial charge on any atom is -0.352 e. The second kappa shape index (κ2) is 9.20. The molecule has 2 fully saturated rings. The van der Waals surface area contributed by atoms with Gasteiger partial charge in [-0.2, -0.15) is 13.2 Å². The smallest absolute Gasteiger partial charge is 0.352 e. The molecule has 2 heterocycles. The van der Waals surface area contributed by atoms with Crippen LogP contribution in [0.3, 0.4) is 0 Å². The van der Waals surface area contributed by atoms with Crippen molar-refractivity contribution in [2.45, 2.75) is 70.8 Å². The van der Waals surface area contributed by atoms with Crippen molar-refractivity contribution in [3.05, 3.63) is 35.2 Å². The molecule has 10 heteroatoms. The summed E-state index contributed by atoms with van der Waals surface area (Å²) in [4.78, 5) is 32.4. The summed E-state index contributed by atoms with van der Waals surface area (Å²) in [5.74, 6) is -0.230. The number of alkyl halides is 3. The molecule has 0 spiro atoms. The largest absolute Gasteiger partial charge is 0.416 e. The van der Waals surface area contributed by atoms with E-state index in [0.717, 1.165) is 31.4 Å². The quantitative estimate of drug-likeness (QED) is 0.598. The molecule has 1 aliphatic carbocycles. The van der Waals surface area contributed by atoms with E-state index in [4.69, 9.17) is 0 Å². The summed E-state index contributed by atoms with van der Waals surface area (Å²) in [5.41, 5.74) is -0.0808. The van der Waals surface area contributed by atoms with Crippen molar-refractivity contribution >= 4 is 28.3 Å². The number of aromatic nitrogens is 1. The van der Waals surface area contributed by atoms with Crippen LogP contribution in [0.15, 0.2) is 29.6 Å². The SMILES string of the molecule is CC(C)(C)[C@H](Nc1nc(-c2ccc(C(F)(F)F)cc2)cs1)C(=O)N1CCC[C@H]1C(=O)NC1CC1. The van der Waals surface area contributed by atoms with E-state index in [1.165, 1.54) is 23.5 Å². The lowest BCUT2D eigenvalue weighted by Crippen LogP contribution is -2.54. The maximum absolute atomic E-state index is 13.6. The highest BCUT2D eigenvalue weighted by Crippen LogP contribution is 2.34. The number of rotatable bonds is 6. The van der Waals surface area contributed by atoms with Crippen LogP contribution in [0.4, 0.5) is 18.3 Å². The number of halogens is 3. The molecule has 0 bridgehead atoms. The number of benzene rings is 1. The topological polar surface area (TPSA) is 74.3 Å². The van der Waals surface area contributed by atoms with Gasteiger partial charge in [-0.1, -0.05) is 32.9 Å². The fraction of sp³-hybridized carbons (Fsp3) is 0.542. The molecule has 2 aliphatic rings. The average molecular weight is 495 g/mol. The number of anilines is 1. The van der Waals surface area contributed by atoms with Gasteiger partial charge in [-0.15, -0.1) is 11.3 Å². The number of carbonyl (C=O) groups excluding carboxylic acids is 2. The second-order valence-corrected chi connectivity index (χ2v) is 10.9. The molecule has 1 saturated carbocycles. The molecule has 4 rings (SSSR count). The van der Waals surface area contributed by atoms with Gasteiger partial charge in [0.25, 0.3) is 0 Å².